The van der Waals surface area contributed by atoms with Crippen LogP contribution in [0.15, 0.2) is 6.07 Å². The molecule has 1 aliphatic heterocycles. The van der Waals surface area contributed by atoms with Gasteiger partial charge in [0.2, 0.25) is 10.0 Å². The third-order valence-electron chi connectivity index (χ3n) is 3.88. The molecule has 1 aromatic rings. The molecule has 1 saturated heterocycles. The van der Waals surface area contributed by atoms with Crippen LogP contribution in [0.5, 0.6) is 6.01 Å². The summed E-state index contributed by atoms with van der Waals surface area (Å²) in [6.45, 7) is 4.81. The van der Waals surface area contributed by atoms with Gasteiger partial charge in [-0.1, -0.05) is 0 Å². The minimum atomic E-state index is -3.12. The predicted molar refractivity (Wildman–Crippen MR) is 78.7 cm³/mol. The lowest BCUT2D eigenvalue weighted by Gasteiger charge is -2.31. The summed E-state index contributed by atoms with van der Waals surface area (Å²) in [5, 5.41) is -0.159. The van der Waals surface area contributed by atoms with E-state index >= 15 is 0 Å². The van der Waals surface area contributed by atoms with Crippen LogP contribution in [0.2, 0.25) is 0 Å². The summed E-state index contributed by atoms with van der Waals surface area (Å²) in [6.07, 6.45) is 3.09. The van der Waals surface area contributed by atoms with Crippen LogP contribution >= 0.6 is 0 Å². The number of sulfonamides is 1. The Labute approximate surface area is 125 Å². The normalized spacial score (nSPS) is 24.0. The summed E-state index contributed by atoms with van der Waals surface area (Å²) in [5.74, 6) is 0. The largest absolute Gasteiger partial charge is 0.459 e. The Hall–Kier alpha value is -1.21. The van der Waals surface area contributed by atoms with E-state index in [-0.39, 0.29) is 11.4 Å². The fraction of sp³-hybridized carbons (Fsp3) is 0.714. The van der Waals surface area contributed by atoms with Crippen LogP contribution in [0.3, 0.4) is 0 Å². The first kappa shape index (κ1) is 14.7. The van der Waals surface area contributed by atoms with E-state index in [0.29, 0.717) is 19.1 Å². The van der Waals surface area contributed by atoms with Gasteiger partial charge in [0.15, 0.2) is 0 Å². The highest BCUT2D eigenvalue weighted by molar-refractivity contribution is 7.90. The van der Waals surface area contributed by atoms with Gasteiger partial charge in [-0.15, -0.1) is 0 Å². The molecule has 2 heterocycles. The zero-order chi connectivity index (χ0) is 15.0. The smallest absolute Gasteiger partial charge is 0.317 e. The standard InChI is InChI=1S/C14H21N3O3S/c1-10-8-11(2)16-14(15-10)20-12-4-3-7-17(9-12)21(18,19)13-5-6-13/h8,12-13H,3-7,9H2,1-2H3. The average molecular weight is 311 g/mol. The van der Waals surface area contributed by atoms with Gasteiger partial charge in [-0.05, 0) is 45.6 Å². The summed E-state index contributed by atoms with van der Waals surface area (Å²) in [7, 11) is -3.12. The Morgan fingerprint density at radius 2 is 1.86 bits per heavy atom. The number of rotatable bonds is 4. The van der Waals surface area contributed by atoms with E-state index in [1.807, 2.05) is 19.9 Å². The second kappa shape index (κ2) is 5.53. The second-order valence-corrected chi connectivity index (χ2v) is 8.13. The van der Waals surface area contributed by atoms with Crippen LogP contribution in [0, 0.1) is 13.8 Å². The molecule has 0 spiro atoms. The van der Waals surface area contributed by atoms with Gasteiger partial charge in [-0.25, -0.2) is 18.4 Å². The summed E-state index contributed by atoms with van der Waals surface area (Å²) >= 11 is 0. The third kappa shape index (κ3) is 3.35. The molecule has 0 aromatic carbocycles. The highest BCUT2D eigenvalue weighted by Gasteiger charge is 2.42. The molecular weight excluding hydrogens is 290 g/mol. The first-order chi connectivity index (χ1) is 9.95. The van der Waals surface area contributed by atoms with Crippen LogP contribution in [-0.4, -0.2) is 47.1 Å². The van der Waals surface area contributed by atoms with Gasteiger partial charge in [0.25, 0.3) is 0 Å². The van der Waals surface area contributed by atoms with E-state index in [0.717, 1.165) is 37.1 Å². The molecule has 1 aliphatic carbocycles. The molecule has 2 fully saturated rings. The SMILES string of the molecule is Cc1cc(C)nc(OC2CCCN(S(=O)(=O)C3CC3)C2)n1. The molecule has 1 saturated carbocycles. The Morgan fingerprint density at radius 3 is 2.48 bits per heavy atom. The molecule has 0 bridgehead atoms. The maximum Gasteiger partial charge on any atom is 0.317 e. The van der Waals surface area contributed by atoms with Crippen LogP contribution in [-0.2, 0) is 10.0 Å². The summed E-state index contributed by atoms with van der Waals surface area (Å²) in [6, 6.07) is 2.24. The van der Waals surface area contributed by atoms with Gasteiger partial charge < -0.3 is 4.74 Å². The highest BCUT2D eigenvalue weighted by atomic mass is 32.2. The van der Waals surface area contributed by atoms with E-state index in [9.17, 15) is 8.42 Å². The van der Waals surface area contributed by atoms with Crippen molar-refractivity contribution < 1.29 is 13.2 Å². The Kier molecular flexibility index (Phi) is 3.88. The molecule has 3 rings (SSSR count). The number of ether oxygens (including phenoxy) is 1. The summed E-state index contributed by atoms with van der Waals surface area (Å²) < 4.78 is 32.0. The van der Waals surface area contributed by atoms with Gasteiger partial charge in [0.05, 0.1) is 11.8 Å². The number of hydrogen-bond donors (Lipinski definition) is 0. The molecule has 7 heteroatoms. The van der Waals surface area contributed by atoms with Crippen LogP contribution in [0.4, 0.5) is 0 Å². The molecule has 0 amide bonds. The summed E-state index contributed by atoms with van der Waals surface area (Å²) in [4.78, 5) is 8.52. The molecule has 0 N–H and O–H groups in total. The van der Waals surface area contributed by atoms with Gasteiger partial charge in [0.1, 0.15) is 6.10 Å². The maximum atomic E-state index is 12.3. The van der Waals surface area contributed by atoms with E-state index in [4.69, 9.17) is 4.74 Å². The number of hydrogen-bond acceptors (Lipinski definition) is 5. The zero-order valence-electron chi connectivity index (χ0n) is 12.4. The first-order valence-corrected chi connectivity index (χ1v) is 8.93. The monoisotopic (exact) mass is 311 g/mol. The molecule has 21 heavy (non-hydrogen) atoms. The quantitative estimate of drug-likeness (QED) is 0.841. The lowest BCUT2D eigenvalue weighted by molar-refractivity contribution is 0.118. The number of aromatic nitrogens is 2. The minimum Gasteiger partial charge on any atom is -0.459 e. The predicted octanol–water partition coefficient (Wildman–Crippen LogP) is 1.43. The van der Waals surface area contributed by atoms with E-state index in [1.165, 1.54) is 0 Å². The van der Waals surface area contributed by atoms with Crippen molar-refractivity contribution in [3.63, 3.8) is 0 Å². The van der Waals surface area contributed by atoms with Crippen molar-refractivity contribution in [1.82, 2.24) is 14.3 Å². The number of aryl methyl sites for hydroxylation is 2. The third-order valence-corrected chi connectivity index (χ3v) is 6.25. The van der Waals surface area contributed by atoms with Crippen LogP contribution in [0.1, 0.15) is 37.1 Å². The molecule has 1 atom stereocenters. The molecule has 116 valence electrons. The maximum absolute atomic E-state index is 12.3. The van der Waals surface area contributed by atoms with Crippen LogP contribution < -0.4 is 4.74 Å². The van der Waals surface area contributed by atoms with Crippen molar-refractivity contribution in [2.45, 2.75) is 50.9 Å². The fourth-order valence-corrected chi connectivity index (χ4v) is 4.62. The van der Waals surface area contributed by atoms with E-state index < -0.39 is 10.0 Å². The van der Waals surface area contributed by atoms with Gasteiger partial charge in [-0.2, -0.15) is 4.31 Å². The lowest BCUT2D eigenvalue weighted by Crippen LogP contribution is -2.45. The average Bonchev–Trinajstić information content (AvgIpc) is 3.22. The van der Waals surface area contributed by atoms with Crippen molar-refractivity contribution in [2.24, 2.45) is 0 Å². The second-order valence-electron chi connectivity index (χ2n) is 5.92. The van der Waals surface area contributed by atoms with Crippen molar-refractivity contribution >= 4 is 10.0 Å². The topological polar surface area (TPSA) is 72.4 Å². The van der Waals surface area contributed by atoms with Crippen LogP contribution in [0.25, 0.3) is 0 Å². The zero-order valence-corrected chi connectivity index (χ0v) is 13.3. The molecule has 6 nitrogen and oxygen atoms in total. The number of piperidine rings is 1. The minimum absolute atomic E-state index is 0.159. The first-order valence-electron chi connectivity index (χ1n) is 7.43. The van der Waals surface area contributed by atoms with Crippen molar-refractivity contribution in [2.75, 3.05) is 13.1 Å². The van der Waals surface area contributed by atoms with E-state index in [2.05, 4.69) is 9.97 Å². The van der Waals surface area contributed by atoms with Gasteiger partial charge in [0, 0.05) is 17.9 Å². The highest BCUT2D eigenvalue weighted by Crippen LogP contribution is 2.32. The molecular formula is C14H21N3O3S. The molecule has 1 unspecified atom stereocenters. The molecule has 0 radical (unpaired) electrons. The Balaban J connectivity index is 1.68. The molecule has 2 aliphatic rings. The van der Waals surface area contributed by atoms with Crippen molar-refractivity contribution in [3.8, 4) is 6.01 Å². The van der Waals surface area contributed by atoms with E-state index in [1.54, 1.807) is 4.31 Å². The van der Waals surface area contributed by atoms with Gasteiger partial charge >= 0.3 is 6.01 Å². The Bertz CT molecular complexity index is 608. The van der Waals surface area contributed by atoms with Gasteiger partial charge in [-0.3, -0.25) is 0 Å². The fourth-order valence-electron chi connectivity index (χ4n) is 2.70. The lowest BCUT2D eigenvalue weighted by atomic mass is 10.1. The summed E-state index contributed by atoms with van der Waals surface area (Å²) in [5.41, 5.74) is 1.71. The van der Waals surface area contributed by atoms with Crippen molar-refractivity contribution in [3.05, 3.63) is 17.5 Å². The van der Waals surface area contributed by atoms with Crippen molar-refractivity contribution in [1.29, 1.82) is 0 Å². The molecule has 1 aromatic heterocycles. The Morgan fingerprint density at radius 1 is 1.19 bits per heavy atom. The number of nitrogens with zero attached hydrogens (tertiary/aromatic N) is 3.